The monoisotopic (exact) mass is 312 g/mol. The van der Waals surface area contributed by atoms with Crippen molar-refractivity contribution in [1.29, 1.82) is 0 Å². The summed E-state index contributed by atoms with van der Waals surface area (Å²) in [6.07, 6.45) is -5.53. The number of ether oxygens (including phenoxy) is 1. The van der Waals surface area contributed by atoms with Gasteiger partial charge in [0.15, 0.2) is 6.29 Å². The van der Waals surface area contributed by atoms with E-state index in [-0.39, 0.29) is 0 Å². The Labute approximate surface area is 127 Å². The quantitative estimate of drug-likeness (QED) is 0.389. The molecule has 0 bridgehead atoms. The molecule has 0 aromatic heterocycles. The minimum absolute atomic E-state index is 0.322. The van der Waals surface area contributed by atoms with Crippen LogP contribution in [-0.4, -0.2) is 70.6 Å². The Kier molecular flexibility index (Phi) is 5.33. The van der Waals surface area contributed by atoms with Crippen LogP contribution >= 0.6 is 0 Å². The fourth-order valence-corrected chi connectivity index (χ4v) is 2.38. The molecule has 1 aromatic carbocycles. The molecule has 0 radical (unpaired) electrons. The zero-order valence-electron chi connectivity index (χ0n) is 12.0. The Morgan fingerprint density at radius 1 is 1.23 bits per heavy atom. The van der Waals surface area contributed by atoms with Gasteiger partial charge in [-0.25, -0.2) is 0 Å². The standard InChI is InChI=1S/C14H20N2O6/c1-15-8-5-3-2-4-7(8)13(20)16-10-12(19)11(18)9(6-17)22-14(10)21/h2-5,9-12,14-15,17-19,21H,6H2,1H3,(H,16,20)/t9-,10-,11-,12-,14?/m1/s1. The molecule has 0 aliphatic carbocycles. The molecule has 1 unspecified atom stereocenters. The fraction of sp³-hybridized carbons (Fsp3) is 0.500. The van der Waals surface area contributed by atoms with Gasteiger partial charge in [-0.2, -0.15) is 0 Å². The van der Waals surface area contributed by atoms with Gasteiger partial charge in [-0.3, -0.25) is 4.79 Å². The van der Waals surface area contributed by atoms with E-state index in [1.54, 1.807) is 31.3 Å². The van der Waals surface area contributed by atoms with Gasteiger partial charge in [0.05, 0.1) is 12.2 Å². The summed E-state index contributed by atoms with van der Waals surface area (Å²) in [5, 5.41) is 44.0. The summed E-state index contributed by atoms with van der Waals surface area (Å²) in [5.41, 5.74) is 0.901. The van der Waals surface area contributed by atoms with Crippen LogP contribution in [0.5, 0.6) is 0 Å². The molecule has 1 aliphatic heterocycles. The molecule has 6 N–H and O–H groups in total. The molecule has 22 heavy (non-hydrogen) atoms. The molecule has 1 fully saturated rings. The first-order chi connectivity index (χ1) is 10.5. The first kappa shape index (κ1) is 16.7. The predicted octanol–water partition coefficient (Wildman–Crippen LogP) is -1.74. The van der Waals surface area contributed by atoms with Crippen molar-refractivity contribution in [2.24, 2.45) is 0 Å². The Morgan fingerprint density at radius 3 is 2.55 bits per heavy atom. The van der Waals surface area contributed by atoms with E-state index in [9.17, 15) is 20.1 Å². The Bertz CT molecular complexity index is 526. The van der Waals surface area contributed by atoms with Gasteiger partial charge < -0.3 is 35.8 Å². The van der Waals surface area contributed by atoms with Crippen molar-refractivity contribution >= 4 is 11.6 Å². The summed E-state index contributed by atoms with van der Waals surface area (Å²) < 4.78 is 4.99. The number of rotatable bonds is 4. The van der Waals surface area contributed by atoms with Crippen molar-refractivity contribution < 1.29 is 30.0 Å². The SMILES string of the molecule is CNc1ccccc1C(=O)N[C@H]1C(O)O[C@H](CO)[C@@H](O)[C@@H]1O. The molecule has 1 amide bonds. The number of para-hydroxylation sites is 1. The van der Waals surface area contributed by atoms with Crippen molar-refractivity contribution in [1.82, 2.24) is 5.32 Å². The molecule has 1 aliphatic rings. The third-order valence-electron chi connectivity index (χ3n) is 3.64. The molecule has 0 saturated carbocycles. The van der Waals surface area contributed by atoms with Gasteiger partial charge in [-0.05, 0) is 12.1 Å². The number of carbonyl (C=O) groups excluding carboxylic acids is 1. The van der Waals surface area contributed by atoms with Crippen LogP contribution in [0, 0.1) is 0 Å². The van der Waals surface area contributed by atoms with Crippen molar-refractivity contribution in [3.63, 3.8) is 0 Å². The van der Waals surface area contributed by atoms with Crippen molar-refractivity contribution in [2.75, 3.05) is 19.0 Å². The van der Waals surface area contributed by atoms with E-state index in [1.807, 2.05) is 0 Å². The number of hydrogen-bond donors (Lipinski definition) is 6. The maximum Gasteiger partial charge on any atom is 0.253 e. The molecule has 122 valence electrons. The zero-order chi connectivity index (χ0) is 16.3. The van der Waals surface area contributed by atoms with Crippen molar-refractivity contribution in [3.05, 3.63) is 29.8 Å². The highest BCUT2D eigenvalue weighted by Crippen LogP contribution is 2.21. The number of aliphatic hydroxyl groups excluding tert-OH is 4. The molecular formula is C14H20N2O6. The molecule has 2 rings (SSSR count). The summed E-state index contributed by atoms with van der Waals surface area (Å²) >= 11 is 0. The summed E-state index contributed by atoms with van der Waals surface area (Å²) in [6, 6.07) is 5.50. The second-order valence-electron chi connectivity index (χ2n) is 5.02. The van der Waals surface area contributed by atoms with E-state index in [0.29, 0.717) is 11.3 Å². The van der Waals surface area contributed by atoms with Crippen molar-refractivity contribution in [2.45, 2.75) is 30.6 Å². The van der Waals surface area contributed by atoms with Crippen LogP contribution in [0.1, 0.15) is 10.4 Å². The van der Waals surface area contributed by atoms with Crippen LogP contribution in [0.25, 0.3) is 0 Å². The number of anilines is 1. The Morgan fingerprint density at radius 2 is 1.91 bits per heavy atom. The second-order valence-corrected chi connectivity index (χ2v) is 5.02. The lowest BCUT2D eigenvalue weighted by Gasteiger charge is -2.40. The lowest BCUT2D eigenvalue weighted by atomic mass is 9.96. The van der Waals surface area contributed by atoms with E-state index < -0.39 is 43.2 Å². The van der Waals surface area contributed by atoms with Crippen LogP contribution in [-0.2, 0) is 4.74 Å². The molecule has 8 heteroatoms. The highest BCUT2D eigenvalue weighted by molar-refractivity contribution is 5.99. The topological polar surface area (TPSA) is 131 Å². The third kappa shape index (κ3) is 3.21. The minimum atomic E-state index is -1.54. The normalized spacial score (nSPS) is 31.6. The van der Waals surface area contributed by atoms with Gasteiger partial charge in [0, 0.05) is 12.7 Å². The van der Waals surface area contributed by atoms with Crippen LogP contribution in [0.15, 0.2) is 24.3 Å². The van der Waals surface area contributed by atoms with Gasteiger partial charge in [0.2, 0.25) is 0 Å². The van der Waals surface area contributed by atoms with E-state index in [0.717, 1.165) is 0 Å². The number of benzene rings is 1. The van der Waals surface area contributed by atoms with E-state index in [4.69, 9.17) is 9.84 Å². The van der Waals surface area contributed by atoms with Crippen LogP contribution in [0.2, 0.25) is 0 Å². The second kappa shape index (κ2) is 7.03. The molecule has 1 saturated heterocycles. The van der Waals surface area contributed by atoms with Gasteiger partial charge in [0.25, 0.3) is 5.91 Å². The summed E-state index contributed by atoms with van der Waals surface area (Å²) in [4.78, 5) is 12.3. The first-order valence-corrected chi connectivity index (χ1v) is 6.87. The lowest BCUT2D eigenvalue weighted by molar-refractivity contribution is -0.252. The largest absolute Gasteiger partial charge is 0.394 e. The van der Waals surface area contributed by atoms with Crippen molar-refractivity contribution in [3.8, 4) is 0 Å². The highest BCUT2D eigenvalue weighted by atomic mass is 16.6. The molecular weight excluding hydrogens is 292 g/mol. The van der Waals surface area contributed by atoms with Crippen LogP contribution in [0.3, 0.4) is 0 Å². The van der Waals surface area contributed by atoms with Gasteiger partial charge >= 0.3 is 0 Å². The van der Waals surface area contributed by atoms with Crippen LogP contribution < -0.4 is 10.6 Å². The molecule has 8 nitrogen and oxygen atoms in total. The Balaban J connectivity index is 2.14. The average molecular weight is 312 g/mol. The minimum Gasteiger partial charge on any atom is -0.394 e. The number of aliphatic hydroxyl groups is 4. The van der Waals surface area contributed by atoms with E-state index in [2.05, 4.69) is 10.6 Å². The molecule has 1 heterocycles. The molecule has 5 atom stereocenters. The average Bonchev–Trinajstić information content (AvgIpc) is 2.54. The van der Waals surface area contributed by atoms with Crippen LogP contribution in [0.4, 0.5) is 5.69 Å². The zero-order valence-corrected chi connectivity index (χ0v) is 12.0. The molecule has 0 spiro atoms. The predicted molar refractivity (Wildman–Crippen MR) is 77.2 cm³/mol. The van der Waals surface area contributed by atoms with Gasteiger partial charge in [-0.1, -0.05) is 12.1 Å². The lowest BCUT2D eigenvalue weighted by Crippen LogP contribution is -2.64. The van der Waals surface area contributed by atoms with Gasteiger partial charge in [-0.15, -0.1) is 0 Å². The number of carbonyl (C=O) groups is 1. The highest BCUT2D eigenvalue weighted by Gasteiger charge is 2.44. The Hall–Kier alpha value is -1.71. The van der Waals surface area contributed by atoms with Gasteiger partial charge in [0.1, 0.15) is 24.4 Å². The maximum atomic E-state index is 12.3. The molecule has 1 aromatic rings. The van der Waals surface area contributed by atoms with E-state index >= 15 is 0 Å². The first-order valence-electron chi connectivity index (χ1n) is 6.87. The summed E-state index contributed by atoms with van der Waals surface area (Å²) in [5.74, 6) is -0.536. The number of amides is 1. The maximum absolute atomic E-state index is 12.3. The smallest absolute Gasteiger partial charge is 0.253 e. The number of hydrogen-bond acceptors (Lipinski definition) is 7. The summed E-state index contributed by atoms with van der Waals surface area (Å²) in [7, 11) is 1.66. The third-order valence-corrected chi connectivity index (χ3v) is 3.64. The van der Waals surface area contributed by atoms with E-state index in [1.165, 1.54) is 0 Å². The fourth-order valence-electron chi connectivity index (χ4n) is 2.38. The number of nitrogens with one attached hydrogen (secondary N) is 2. The summed E-state index contributed by atoms with van der Waals surface area (Å²) in [6.45, 7) is -0.557.